The molecule has 2 aromatic carbocycles. The zero-order valence-corrected chi connectivity index (χ0v) is 17.2. The van der Waals surface area contributed by atoms with E-state index in [1.54, 1.807) is 31.2 Å². The number of hydrogen-bond acceptors (Lipinski definition) is 3. The van der Waals surface area contributed by atoms with Crippen molar-refractivity contribution in [2.75, 3.05) is 32.7 Å². The van der Waals surface area contributed by atoms with E-state index in [1.165, 1.54) is 11.6 Å². The number of allylic oxidation sites excluding steroid dienone is 1. The fourth-order valence-corrected chi connectivity index (χ4v) is 3.57. The first-order chi connectivity index (χ1) is 13.9. The van der Waals surface area contributed by atoms with Gasteiger partial charge < -0.3 is 10.0 Å². The molecule has 3 rings (SSSR count). The van der Waals surface area contributed by atoms with Gasteiger partial charge in [-0.05, 0) is 54.3 Å². The maximum absolute atomic E-state index is 12.6. The van der Waals surface area contributed by atoms with Gasteiger partial charge in [-0.25, -0.2) is 4.79 Å². The number of piperazine rings is 1. The van der Waals surface area contributed by atoms with Crippen LogP contribution in [0.1, 0.15) is 28.4 Å². The van der Waals surface area contributed by atoms with Crippen LogP contribution in [0.25, 0.3) is 5.57 Å². The fraction of sp³-hybridized carbons (Fsp3) is 0.304. The standard InChI is InChI=1S/C23H25ClN2O3/c1-17(16-22(27)28)19-4-2-18(3-5-19)10-11-25-12-14-26(15-13-25)23(29)20-6-8-21(24)9-7-20/h2-9,16H,10-15H2,1H3,(H,27,28)/b17-16+. The van der Waals surface area contributed by atoms with Crippen LogP contribution in [-0.2, 0) is 11.2 Å². The molecule has 2 aromatic rings. The summed E-state index contributed by atoms with van der Waals surface area (Å²) in [6, 6.07) is 15.1. The summed E-state index contributed by atoms with van der Waals surface area (Å²) in [4.78, 5) is 27.6. The smallest absolute Gasteiger partial charge is 0.328 e. The van der Waals surface area contributed by atoms with Gasteiger partial charge in [-0.1, -0.05) is 35.9 Å². The molecule has 1 aliphatic heterocycles. The lowest BCUT2D eigenvalue weighted by molar-refractivity contribution is -0.131. The molecule has 0 unspecified atom stereocenters. The number of aliphatic carboxylic acids is 1. The van der Waals surface area contributed by atoms with Crippen molar-refractivity contribution < 1.29 is 14.7 Å². The van der Waals surface area contributed by atoms with Crippen LogP contribution in [0.2, 0.25) is 5.02 Å². The van der Waals surface area contributed by atoms with E-state index in [0.29, 0.717) is 10.6 Å². The molecule has 1 fully saturated rings. The van der Waals surface area contributed by atoms with Crippen molar-refractivity contribution in [3.05, 3.63) is 76.3 Å². The van der Waals surface area contributed by atoms with E-state index in [2.05, 4.69) is 17.0 Å². The minimum Gasteiger partial charge on any atom is -0.478 e. The van der Waals surface area contributed by atoms with Crippen LogP contribution in [0.5, 0.6) is 0 Å². The number of carboxylic acid groups (broad SMARTS) is 1. The van der Waals surface area contributed by atoms with Crippen LogP contribution in [0.4, 0.5) is 0 Å². The van der Waals surface area contributed by atoms with Crippen molar-refractivity contribution in [3.8, 4) is 0 Å². The highest BCUT2D eigenvalue weighted by atomic mass is 35.5. The monoisotopic (exact) mass is 412 g/mol. The van der Waals surface area contributed by atoms with E-state index in [1.807, 2.05) is 17.0 Å². The summed E-state index contributed by atoms with van der Waals surface area (Å²) in [7, 11) is 0. The van der Waals surface area contributed by atoms with Crippen LogP contribution in [0.3, 0.4) is 0 Å². The second-order valence-corrected chi connectivity index (χ2v) is 7.69. The Morgan fingerprint density at radius 3 is 2.14 bits per heavy atom. The topological polar surface area (TPSA) is 60.9 Å². The highest BCUT2D eigenvalue weighted by Crippen LogP contribution is 2.16. The molecule has 0 bridgehead atoms. The molecular weight excluding hydrogens is 388 g/mol. The third-order valence-corrected chi connectivity index (χ3v) is 5.47. The minimum absolute atomic E-state index is 0.0571. The van der Waals surface area contributed by atoms with Crippen molar-refractivity contribution in [1.29, 1.82) is 0 Å². The van der Waals surface area contributed by atoms with Gasteiger partial charge in [-0.2, -0.15) is 0 Å². The van der Waals surface area contributed by atoms with Gasteiger partial charge in [-0.15, -0.1) is 0 Å². The summed E-state index contributed by atoms with van der Waals surface area (Å²) in [5.74, 6) is -0.873. The van der Waals surface area contributed by atoms with Crippen LogP contribution in [-0.4, -0.2) is 59.5 Å². The van der Waals surface area contributed by atoms with Crippen molar-refractivity contribution >= 4 is 29.1 Å². The lowest BCUT2D eigenvalue weighted by Crippen LogP contribution is -2.49. The molecule has 0 saturated carbocycles. The SMILES string of the molecule is C/C(=C\C(=O)O)c1ccc(CCN2CCN(C(=O)c3ccc(Cl)cc3)CC2)cc1. The first-order valence-electron chi connectivity index (χ1n) is 9.70. The van der Waals surface area contributed by atoms with E-state index < -0.39 is 5.97 Å². The highest BCUT2D eigenvalue weighted by Gasteiger charge is 2.21. The molecule has 0 aromatic heterocycles. The molecule has 0 aliphatic carbocycles. The number of carboxylic acids is 1. The molecule has 5 nitrogen and oxygen atoms in total. The Hall–Kier alpha value is -2.63. The highest BCUT2D eigenvalue weighted by molar-refractivity contribution is 6.30. The quantitative estimate of drug-likeness (QED) is 0.732. The third kappa shape index (κ3) is 5.92. The van der Waals surface area contributed by atoms with E-state index in [9.17, 15) is 9.59 Å². The van der Waals surface area contributed by atoms with Gasteiger partial charge in [0, 0.05) is 49.4 Å². The average Bonchev–Trinajstić information content (AvgIpc) is 2.72. The third-order valence-electron chi connectivity index (χ3n) is 5.22. The summed E-state index contributed by atoms with van der Waals surface area (Å²) in [5, 5.41) is 9.48. The Labute approximate surface area is 176 Å². The second-order valence-electron chi connectivity index (χ2n) is 7.25. The number of carbonyl (C=O) groups is 2. The lowest BCUT2D eigenvalue weighted by atomic mass is 10.0. The normalized spacial score (nSPS) is 15.4. The number of halogens is 1. The van der Waals surface area contributed by atoms with Crippen LogP contribution in [0.15, 0.2) is 54.6 Å². The summed E-state index contributed by atoms with van der Waals surface area (Å²) in [6.45, 7) is 5.90. The number of carbonyl (C=O) groups excluding carboxylic acids is 1. The lowest BCUT2D eigenvalue weighted by Gasteiger charge is -2.34. The van der Waals surface area contributed by atoms with Gasteiger partial charge >= 0.3 is 5.97 Å². The number of benzene rings is 2. The van der Waals surface area contributed by atoms with Crippen molar-refractivity contribution in [3.63, 3.8) is 0 Å². The van der Waals surface area contributed by atoms with Gasteiger partial charge in [0.2, 0.25) is 0 Å². The molecule has 1 heterocycles. The maximum atomic E-state index is 12.6. The molecule has 1 aliphatic rings. The summed E-state index contributed by atoms with van der Waals surface area (Å²) in [5.41, 5.74) is 3.56. The Morgan fingerprint density at radius 2 is 1.55 bits per heavy atom. The Balaban J connectivity index is 1.47. The maximum Gasteiger partial charge on any atom is 0.328 e. The van der Waals surface area contributed by atoms with Crippen molar-refractivity contribution in [1.82, 2.24) is 9.80 Å². The molecule has 0 atom stereocenters. The Morgan fingerprint density at radius 1 is 0.966 bits per heavy atom. The molecule has 29 heavy (non-hydrogen) atoms. The summed E-state index contributed by atoms with van der Waals surface area (Å²) in [6.07, 6.45) is 2.15. The number of rotatable bonds is 6. The van der Waals surface area contributed by atoms with Gasteiger partial charge in [0.15, 0.2) is 0 Å². The van der Waals surface area contributed by atoms with Crippen LogP contribution >= 0.6 is 11.6 Å². The zero-order valence-electron chi connectivity index (χ0n) is 16.5. The van der Waals surface area contributed by atoms with Crippen LogP contribution < -0.4 is 0 Å². The molecule has 6 heteroatoms. The van der Waals surface area contributed by atoms with Gasteiger partial charge in [-0.3, -0.25) is 9.69 Å². The average molecular weight is 413 g/mol. The molecule has 1 amide bonds. The largest absolute Gasteiger partial charge is 0.478 e. The Kier molecular flexibility index (Phi) is 7.07. The molecule has 0 spiro atoms. The zero-order chi connectivity index (χ0) is 20.8. The first-order valence-corrected chi connectivity index (χ1v) is 10.1. The number of hydrogen-bond donors (Lipinski definition) is 1. The Bertz CT molecular complexity index is 883. The number of amides is 1. The van der Waals surface area contributed by atoms with E-state index >= 15 is 0 Å². The summed E-state index contributed by atoms with van der Waals surface area (Å²) >= 11 is 5.89. The predicted octanol–water partition coefficient (Wildman–Crippen LogP) is 3.83. The first kappa shape index (κ1) is 21.1. The second kappa shape index (κ2) is 9.72. The molecular formula is C23H25ClN2O3. The molecule has 152 valence electrons. The predicted molar refractivity (Wildman–Crippen MR) is 115 cm³/mol. The molecule has 0 radical (unpaired) electrons. The van der Waals surface area contributed by atoms with Crippen molar-refractivity contribution in [2.24, 2.45) is 0 Å². The van der Waals surface area contributed by atoms with Gasteiger partial charge in [0.1, 0.15) is 0 Å². The molecule has 1 N–H and O–H groups in total. The van der Waals surface area contributed by atoms with Crippen LogP contribution in [0, 0.1) is 0 Å². The van der Waals surface area contributed by atoms with Gasteiger partial charge in [0.25, 0.3) is 5.91 Å². The van der Waals surface area contributed by atoms with E-state index in [4.69, 9.17) is 16.7 Å². The van der Waals surface area contributed by atoms with E-state index in [0.717, 1.165) is 50.3 Å². The minimum atomic E-state index is -0.930. The van der Waals surface area contributed by atoms with Crippen molar-refractivity contribution in [2.45, 2.75) is 13.3 Å². The molecule has 1 saturated heterocycles. The van der Waals surface area contributed by atoms with Gasteiger partial charge in [0.05, 0.1) is 0 Å². The fourth-order valence-electron chi connectivity index (χ4n) is 3.44. The van der Waals surface area contributed by atoms with E-state index in [-0.39, 0.29) is 5.91 Å². The number of nitrogens with zero attached hydrogens (tertiary/aromatic N) is 2. The summed E-state index contributed by atoms with van der Waals surface area (Å²) < 4.78 is 0.